The fourth-order valence-electron chi connectivity index (χ4n) is 3.25. The quantitative estimate of drug-likeness (QED) is 0.541. The van der Waals surface area contributed by atoms with Crippen LogP contribution in [0.5, 0.6) is 0 Å². The van der Waals surface area contributed by atoms with Gasteiger partial charge in [0.1, 0.15) is 16.5 Å². The van der Waals surface area contributed by atoms with Crippen LogP contribution in [0, 0.1) is 19.7 Å². The molecule has 0 aliphatic carbocycles. The van der Waals surface area contributed by atoms with Gasteiger partial charge in [0.2, 0.25) is 0 Å². The molecule has 1 N–H and O–H groups in total. The van der Waals surface area contributed by atoms with Crippen molar-refractivity contribution < 1.29 is 9.18 Å². The normalized spacial score (nSPS) is 11.0. The minimum absolute atomic E-state index is 0.214. The number of carbonyl (C=O) groups excluding carboxylic acids is 1. The van der Waals surface area contributed by atoms with E-state index in [-0.39, 0.29) is 23.8 Å². The van der Waals surface area contributed by atoms with E-state index in [0.29, 0.717) is 37.7 Å². The Hall–Kier alpha value is -3.32. The Morgan fingerprint density at radius 3 is 2.62 bits per heavy atom. The molecule has 4 aromatic rings. The van der Waals surface area contributed by atoms with Crippen LogP contribution >= 0.6 is 11.3 Å². The van der Waals surface area contributed by atoms with Gasteiger partial charge in [0, 0.05) is 5.69 Å². The molecule has 4 rings (SSSR count). The van der Waals surface area contributed by atoms with Crippen molar-refractivity contribution in [1.82, 2.24) is 9.55 Å². The van der Waals surface area contributed by atoms with Crippen molar-refractivity contribution in [3.8, 4) is 0 Å². The number of nitrogens with zero attached hydrogens (tertiary/aromatic N) is 2. The lowest BCUT2D eigenvalue weighted by atomic mass is 10.2. The number of amides is 1. The first-order valence-corrected chi connectivity index (χ1v) is 9.87. The second-order valence-corrected chi connectivity index (χ2v) is 7.74. The van der Waals surface area contributed by atoms with Gasteiger partial charge in [0.15, 0.2) is 0 Å². The average Bonchev–Trinajstić information content (AvgIpc) is 3.02. The molecule has 0 aliphatic rings. The number of halogens is 1. The number of hydrogen-bond acceptors (Lipinski definition) is 4. The lowest BCUT2D eigenvalue weighted by molar-refractivity contribution is 0.103. The van der Waals surface area contributed by atoms with E-state index in [2.05, 4.69) is 10.3 Å². The van der Waals surface area contributed by atoms with Gasteiger partial charge in [-0.05, 0) is 49.2 Å². The number of carbonyl (C=O) groups is 1. The molecule has 5 nitrogen and oxygen atoms in total. The molecular weight excluding hydrogens is 389 g/mol. The van der Waals surface area contributed by atoms with Gasteiger partial charge in [0.05, 0.1) is 16.8 Å². The van der Waals surface area contributed by atoms with Crippen molar-refractivity contribution in [3.05, 3.63) is 92.6 Å². The maximum atomic E-state index is 13.5. The third kappa shape index (κ3) is 3.69. The monoisotopic (exact) mass is 407 g/mol. The Kier molecular flexibility index (Phi) is 4.98. The zero-order chi connectivity index (χ0) is 20.5. The summed E-state index contributed by atoms with van der Waals surface area (Å²) in [7, 11) is 0. The molecule has 1 amide bonds. The summed E-state index contributed by atoms with van der Waals surface area (Å²) in [4.78, 5) is 31.4. The van der Waals surface area contributed by atoms with E-state index in [1.807, 2.05) is 18.2 Å². The summed E-state index contributed by atoms with van der Waals surface area (Å²) in [6.07, 6.45) is 0. The highest BCUT2D eigenvalue weighted by atomic mass is 32.1. The van der Waals surface area contributed by atoms with Gasteiger partial charge in [0.25, 0.3) is 11.5 Å². The Labute approximate surface area is 170 Å². The number of thiophene rings is 1. The number of benzene rings is 2. The molecule has 146 valence electrons. The number of hydrogen-bond donors (Lipinski definition) is 1. The van der Waals surface area contributed by atoms with E-state index < -0.39 is 0 Å². The maximum absolute atomic E-state index is 13.5. The third-order valence-corrected chi connectivity index (χ3v) is 5.89. The Bertz CT molecular complexity index is 1280. The van der Waals surface area contributed by atoms with Crippen molar-refractivity contribution in [2.75, 3.05) is 5.32 Å². The molecule has 0 aliphatic heterocycles. The first-order chi connectivity index (χ1) is 13.9. The molecule has 0 atom stereocenters. The van der Waals surface area contributed by atoms with Crippen LogP contribution in [0.4, 0.5) is 10.1 Å². The third-order valence-electron chi connectivity index (χ3n) is 4.71. The lowest BCUT2D eigenvalue weighted by Gasteiger charge is -2.10. The fourth-order valence-corrected chi connectivity index (χ4v) is 4.36. The summed E-state index contributed by atoms with van der Waals surface area (Å²) in [5.74, 6) is -0.109. The molecule has 29 heavy (non-hydrogen) atoms. The zero-order valence-electron chi connectivity index (χ0n) is 15.9. The summed E-state index contributed by atoms with van der Waals surface area (Å²) in [6, 6.07) is 15.3. The van der Waals surface area contributed by atoms with Crippen molar-refractivity contribution >= 4 is 33.1 Å². The van der Waals surface area contributed by atoms with Gasteiger partial charge in [-0.15, -0.1) is 11.3 Å². The van der Waals surface area contributed by atoms with Crippen molar-refractivity contribution in [1.29, 1.82) is 0 Å². The molecule has 0 unspecified atom stereocenters. The number of para-hydroxylation sites is 1. The van der Waals surface area contributed by atoms with Gasteiger partial charge in [-0.3, -0.25) is 14.2 Å². The molecule has 0 saturated carbocycles. The summed E-state index contributed by atoms with van der Waals surface area (Å²) < 4.78 is 15.0. The van der Waals surface area contributed by atoms with Crippen LogP contribution in [-0.4, -0.2) is 15.5 Å². The zero-order valence-corrected chi connectivity index (χ0v) is 16.7. The first-order valence-electron chi connectivity index (χ1n) is 9.05. The average molecular weight is 407 g/mol. The van der Waals surface area contributed by atoms with Crippen LogP contribution in [0.25, 0.3) is 10.2 Å². The highest BCUT2D eigenvalue weighted by molar-refractivity contribution is 7.20. The molecule has 2 aromatic heterocycles. The van der Waals surface area contributed by atoms with E-state index in [9.17, 15) is 14.0 Å². The van der Waals surface area contributed by atoms with Crippen LogP contribution in [0.2, 0.25) is 0 Å². The topological polar surface area (TPSA) is 64.0 Å². The van der Waals surface area contributed by atoms with E-state index in [1.54, 1.807) is 38.1 Å². The molecule has 0 saturated heterocycles. The molecule has 0 radical (unpaired) electrons. The molecule has 0 spiro atoms. The second kappa shape index (κ2) is 7.60. The lowest BCUT2D eigenvalue weighted by Crippen LogP contribution is -2.24. The number of rotatable bonds is 4. The van der Waals surface area contributed by atoms with Crippen molar-refractivity contribution in [2.24, 2.45) is 0 Å². The van der Waals surface area contributed by atoms with Gasteiger partial charge < -0.3 is 5.32 Å². The van der Waals surface area contributed by atoms with Crippen molar-refractivity contribution in [3.63, 3.8) is 0 Å². The largest absolute Gasteiger partial charge is 0.321 e. The Balaban J connectivity index is 1.75. The van der Waals surface area contributed by atoms with Gasteiger partial charge in [-0.1, -0.05) is 30.3 Å². The minimum atomic E-state index is -0.353. The van der Waals surface area contributed by atoms with E-state index in [4.69, 9.17) is 0 Å². The highest BCUT2D eigenvalue weighted by Gasteiger charge is 2.21. The molecule has 0 fully saturated rings. The molecule has 2 aromatic carbocycles. The number of aryl methyl sites for hydroxylation is 2. The Morgan fingerprint density at radius 1 is 1.14 bits per heavy atom. The minimum Gasteiger partial charge on any atom is -0.321 e. The summed E-state index contributed by atoms with van der Waals surface area (Å²) in [6.45, 7) is 3.70. The van der Waals surface area contributed by atoms with Crippen LogP contribution in [0.15, 0.2) is 59.4 Å². The van der Waals surface area contributed by atoms with Crippen LogP contribution in [0.1, 0.15) is 26.6 Å². The molecular formula is C22H18FN3O2S. The number of fused-ring (bicyclic) bond motifs is 1. The summed E-state index contributed by atoms with van der Waals surface area (Å²) >= 11 is 1.20. The van der Waals surface area contributed by atoms with Crippen LogP contribution < -0.4 is 10.9 Å². The number of aromatic nitrogens is 2. The Morgan fingerprint density at radius 2 is 1.90 bits per heavy atom. The molecule has 0 bridgehead atoms. The predicted molar refractivity (Wildman–Crippen MR) is 113 cm³/mol. The van der Waals surface area contributed by atoms with Crippen molar-refractivity contribution in [2.45, 2.75) is 20.4 Å². The standard InChI is InChI=1S/C22H18FN3O2S/c1-13-18-21(29-19(13)20(27)25-17-9-4-3-5-10-17)24-14(2)26(22(18)28)12-15-7-6-8-16(23)11-15/h3-11H,12H2,1-2H3,(H,25,27). The van der Waals surface area contributed by atoms with Crippen LogP contribution in [-0.2, 0) is 6.54 Å². The molecule has 2 heterocycles. The summed E-state index contributed by atoms with van der Waals surface area (Å²) in [5.41, 5.74) is 1.72. The smallest absolute Gasteiger partial charge is 0.266 e. The van der Waals surface area contributed by atoms with Gasteiger partial charge in [-0.2, -0.15) is 0 Å². The van der Waals surface area contributed by atoms with E-state index >= 15 is 0 Å². The summed E-state index contributed by atoms with van der Waals surface area (Å²) in [5, 5.41) is 3.27. The van der Waals surface area contributed by atoms with E-state index in [0.717, 1.165) is 0 Å². The molecule has 7 heteroatoms. The highest BCUT2D eigenvalue weighted by Crippen LogP contribution is 2.28. The fraction of sp³-hybridized carbons (Fsp3) is 0.136. The predicted octanol–water partition coefficient (Wildman–Crippen LogP) is 4.51. The number of anilines is 1. The van der Waals surface area contributed by atoms with E-state index in [1.165, 1.54) is 28.0 Å². The second-order valence-electron chi connectivity index (χ2n) is 6.74. The maximum Gasteiger partial charge on any atom is 0.266 e. The van der Waals surface area contributed by atoms with Gasteiger partial charge in [-0.25, -0.2) is 9.37 Å². The SMILES string of the molecule is Cc1c(C(=O)Nc2ccccc2)sc2nc(C)n(Cc3cccc(F)c3)c(=O)c12. The van der Waals surface area contributed by atoms with Crippen LogP contribution in [0.3, 0.4) is 0 Å². The first kappa shape index (κ1) is 19.0. The number of nitrogens with one attached hydrogen (secondary N) is 1. The van der Waals surface area contributed by atoms with Gasteiger partial charge >= 0.3 is 0 Å².